The maximum absolute atomic E-state index is 13.2. The van der Waals surface area contributed by atoms with Crippen LogP contribution in [0.2, 0.25) is 0 Å². The molecule has 4 atom stereocenters. The summed E-state index contributed by atoms with van der Waals surface area (Å²) in [5.41, 5.74) is 6.98. The predicted molar refractivity (Wildman–Crippen MR) is 141 cm³/mol. The fourth-order valence-corrected chi connectivity index (χ4v) is 4.18. The number of H-pyrrole nitrogens is 1. The van der Waals surface area contributed by atoms with Crippen molar-refractivity contribution in [3.63, 3.8) is 0 Å². The van der Waals surface area contributed by atoms with Crippen LogP contribution in [0.25, 0.3) is 10.9 Å². The molecule has 0 saturated heterocycles. The van der Waals surface area contributed by atoms with Crippen LogP contribution in [0.5, 0.6) is 0 Å². The summed E-state index contributed by atoms with van der Waals surface area (Å²) >= 11 is 1.38. The average Bonchev–Trinajstić information content (AvgIpc) is 3.27. The second-order valence-electron chi connectivity index (χ2n) is 8.67. The molecule has 2 rings (SSSR count). The standard InChI is InChI=1S/C24H31N5O9S/c1-39-7-6-16(27-21(34)14(25)9-19(30)31)22(35)28-17(23(36)29-18(24(37)38)10-20(32)33)8-12-11-26-15-5-3-2-4-13(12)15/h2-5,11,14,16-18,26H,6-10,25H2,1H3,(H,27,34)(H,28,35)(H,29,36)(H,30,31)(H,32,33)(H,37,38). The minimum atomic E-state index is -1.75. The van der Waals surface area contributed by atoms with Crippen molar-refractivity contribution in [2.45, 2.75) is 49.9 Å². The Morgan fingerprint density at radius 1 is 0.872 bits per heavy atom. The zero-order valence-electron chi connectivity index (χ0n) is 21.0. The number of nitrogens with two attached hydrogens (primary N) is 1. The van der Waals surface area contributed by atoms with E-state index in [1.165, 1.54) is 11.8 Å². The summed E-state index contributed by atoms with van der Waals surface area (Å²) in [6.07, 6.45) is 1.88. The molecule has 14 nitrogen and oxygen atoms in total. The number of thioether (sulfide) groups is 1. The molecule has 0 aliphatic heterocycles. The number of amides is 3. The Balaban J connectivity index is 2.32. The minimum Gasteiger partial charge on any atom is -0.481 e. The van der Waals surface area contributed by atoms with Crippen LogP contribution in [-0.4, -0.2) is 92.1 Å². The van der Waals surface area contributed by atoms with Crippen LogP contribution in [0.3, 0.4) is 0 Å². The lowest BCUT2D eigenvalue weighted by Gasteiger charge is -2.25. The number of carboxylic acids is 3. The molecule has 4 unspecified atom stereocenters. The van der Waals surface area contributed by atoms with Crippen LogP contribution in [0.4, 0.5) is 0 Å². The smallest absolute Gasteiger partial charge is 0.326 e. The third-order valence-corrected chi connectivity index (χ3v) is 6.34. The monoisotopic (exact) mass is 565 g/mol. The highest BCUT2D eigenvalue weighted by Gasteiger charge is 2.32. The Hall–Kier alpha value is -4.11. The summed E-state index contributed by atoms with van der Waals surface area (Å²) in [6.45, 7) is 0. The number of aromatic nitrogens is 1. The van der Waals surface area contributed by atoms with Gasteiger partial charge in [0.2, 0.25) is 17.7 Å². The molecule has 2 aromatic rings. The van der Waals surface area contributed by atoms with Crippen molar-refractivity contribution >= 4 is 58.3 Å². The molecule has 0 aliphatic carbocycles. The second-order valence-corrected chi connectivity index (χ2v) is 9.65. The molecule has 15 heteroatoms. The molecule has 0 radical (unpaired) electrons. The van der Waals surface area contributed by atoms with E-state index < -0.39 is 72.6 Å². The van der Waals surface area contributed by atoms with Crippen LogP contribution >= 0.6 is 11.8 Å². The first kappa shape index (κ1) is 31.1. The third-order valence-electron chi connectivity index (χ3n) is 5.70. The molecular weight excluding hydrogens is 534 g/mol. The zero-order valence-corrected chi connectivity index (χ0v) is 21.8. The predicted octanol–water partition coefficient (Wildman–Crippen LogP) is -0.721. The van der Waals surface area contributed by atoms with Crippen molar-refractivity contribution in [3.05, 3.63) is 36.0 Å². The number of carbonyl (C=O) groups is 6. The molecule has 1 aromatic carbocycles. The number of nitrogens with one attached hydrogen (secondary N) is 4. The molecule has 0 aliphatic rings. The van der Waals surface area contributed by atoms with Crippen molar-refractivity contribution < 1.29 is 44.1 Å². The molecular formula is C24H31N5O9S. The van der Waals surface area contributed by atoms with Gasteiger partial charge in [-0.2, -0.15) is 11.8 Å². The molecule has 39 heavy (non-hydrogen) atoms. The molecule has 212 valence electrons. The molecule has 9 N–H and O–H groups in total. The van der Waals surface area contributed by atoms with Gasteiger partial charge in [-0.05, 0) is 30.1 Å². The topological polar surface area (TPSA) is 241 Å². The van der Waals surface area contributed by atoms with Crippen molar-refractivity contribution in [3.8, 4) is 0 Å². The zero-order chi connectivity index (χ0) is 29.1. The lowest BCUT2D eigenvalue weighted by molar-refractivity contribution is -0.147. The number of aromatic amines is 1. The van der Waals surface area contributed by atoms with E-state index in [4.69, 9.17) is 15.9 Å². The molecule has 0 spiro atoms. The van der Waals surface area contributed by atoms with Crippen molar-refractivity contribution in [1.29, 1.82) is 0 Å². The summed E-state index contributed by atoms with van der Waals surface area (Å²) < 4.78 is 0. The highest BCUT2D eigenvalue weighted by atomic mass is 32.2. The maximum Gasteiger partial charge on any atom is 0.326 e. The van der Waals surface area contributed by atoms with Crippen LogP contribution < -0.4 is 21.7 Å². The third kappa shape index (κ3) is 9.61. The highest BCUT2D eigenvalue weighted by Crippen LogP contribution is 2.19. The van der Waals surface area contributed by atoms with Gasteiger partial charge in [-0.25, -0.2) is 4.79 Å². The number of fused-ring (bicyclic) bond motifs is 1. The van der Waals surface area contributed by atoms with Crippen LogP contribution in [0, 0.1) is 0 Å². The minimum absolute atomic E-state index is 0.0945. The Bertz CT molecular complexity index is 1220. The van der Waals surface area contributed by atoms with E-state index in [0.717, 1.165) is 10.9 Å². The number of carboxylic acid groups (broad SMARTS) is 3. The van der Waals surface area contributed by atoms with E-state index in [2.05, 4.69) is 20.9 Å². The Kier molecular flexibility index (Phi) is 11.7. The largest absolute Gasteiger partial charge is 0.481 e. The van der Waals surface area contributed by atoms with Crippen LogP contribution in [0.1, 0.15) is 24.8 Å². The average molecular weight is 566 g/mol. The number of rotatable bonds is 16. The quantitative estimate of drug-likeness (QED) is 0.126. The van der Waals surface area contributed by atoms with E-state index in [9.17, 15) is 33.9 Å². The SMILES string of the molecule is CSCCC(NC(=O)C(N)CC(=O)O)C(=O)NC(Cc1c[nH]c2ccccc12)C(=O)NC(CC(=O)O)C(=O)O. The van der Waals surface area contributed by atoms with Gasteiger partial charge in [-0.15, -0.1) is 0 Å². The van der Waals surface area contributed by atoms with Gasteiger partial charge in [0.15, 0.2) is 0 Å². The van der Waals surface area contributed by atoms with Gasteiger partial charge in [-0.3, -0.25) is 24.0 Å². The van der Waals surface area contributed by atoms with Gasteiger partial charge in [0.25, 0.3) is 0 Å². The fourth-order valence-electron chi connectivity index (χ4n) is 3.71. The summed E-state index contributed by atoms with van der Waals surface area (Å²) in [5, 5.41) is 35.1. The van der Waals surface area contributed by atoms with Gasteiger partial charge in [0.1, 0.15) is 18.1 Å². The lowest BCUT2D eigenvalue weighted by atomic mass is 10.0. The number of carbonyl (C=O) groups excluding carboxylic acids is 3. The van der Waals surface area contributed by atoms with Gasteiger partial charge in [-0.1, -0.05) is 18.2 Å². The molecule has 0 saturated carbocycles. The van der Waals surface area contributed by atoms with Crippen molar-refractivity contribution in [2.75, 3.05) is 12.0 Å². The molecule has 3 amide bonds. The van der Waals surface area contributed by atoms with Crippen molar-refractivity contribution in [1.82, 2.24) is 20.9 Å². The second kappa shape index (κ2) is 14.7. The van der Waals surface area contributed by atoms with Crippen LogP contribution in [-0.2, 0) is 35.2 Å². The van der Waals surface area contributed by atoms with E-state index in [0.29, 0.717) is 11.3 Å². The molecule has 0 fully saturated rings. The normalized spacial score (nSPS) is 14.0. The van der Waals surface area contributed by atoms with Crippen LogP contribution in [0.15, 0.2) is 30.5 Å². The lowest BCUT2D eigenvalue weighted by Crippen LogP contribution is -2.58. The summed E-state index contributed by atoms with van der Waals surface area (Å²) in [6, 6.07) is 1.46. The van der Waals surface area contributed by atoms with Crippen molar-refractivity contribution in [2.24, 2.45) is 5.73 Å². The first-order valence-corrected chi connectivity index (χ1v) is 13.2. The van der Waals surface area contributed by atoms with E-state index in [1.54, 1.807) is 36.7 Å². The summed E-state index contributed by atoms with van der Waals surface area (Å²) in [5.74, 6) is -6.50. The fraction of sp³-hybridized carbons (Fsp3) is 0.417. The summed E-state index contributed by atoms with van der Waals surface area (Å²) in [7, 11) is 0. The van der Waals surface area contributed by atoms with Gasteiger partial charge < -0.3 is 42.0 Å². The summed E-state index contributed by atoms with van der Waals surface area (Å²) in [4.78, 5) is 75.4. The Morgan fingerprint density at radius 3 is 2.08 bits per heavy atom. The molecule has 1 heterocycles. The Morgan fingerprint density at radius 2 is 1.46 bits per heavy atom. The first-order chi connectivity index (χ1) is 18.4. The van der Waals surface area contributed by atoms with Gasteiger partial charge >= 0.3 is 17.9 Å². The number of hydrogen-bond donors (Lipinski definition) is 8. The first-order valence-electron chi connectivity index (χ1n) is 11.8. The maximum atomic E-state index is 13.2. The molecule has 0 bridgehead atoms. The van der Waals surface area contributed by atoms with E-state index >= 15 is 0 Å². The number of benzene rings is 1. The number of para-hydroxylation sites is 1. The van der Waals surface area contributed by atoms with E-state index in [-0.39, 0.29) is 12.8 Å². The highest BCUT2D eigenvalue weighted by molar-refractivity contribution is 7.98. The molecule has 1 aromatic heterocycles. The van der Waals surface area contributed by atoms with Gasteiger partial charge in [0, 0.05) is 23.5 Å². The van der Waals surface area contributed by atoms with E-state index in [1.807, 2.05) is 0 Å². The number of hydrogen-bond acceptors (Lipinski definition) is 8. The number of aliphatic carboxylic acids is 3. The Labute approximate surface area is 227 Å². The van der Waals surface area contributed by atoms with Gasteiger partial charge in [0.05, 0.1) is 18.9 Å².